The average molecular weight is 381 g/mol. The predicted octanol–water partition coefficient (Wildman–Crippen LogP) is 3.40. The van der Waals surface area contributed by atoms with Crippen LogP contribution in [-0.2, 0) is 11.3 Å². The van der Waals surface area contributed by atoms with Gasteiger partial charge in [-0.05, 0) is 43.2 Å². The van der Waals surface area contributed by atoms with Crippen molar-refractivity contribution in [2.45, 2.75) is 20.4 Å². The highest BCUT2D eigenvalue weighted by atomic mass is 16.5. The summed E-state index contributed by atoms with van der Waals surface area (Å²) in [7, 11) is 3.27. The molecule has 0 fully saturated rings. The molecule has 28 heavy (non-hydrogen) atoms. The van der Waals surface area contributed by atoms with E-state index in [9.17, 15) is 4.79 Å². The van der Waals surface area contributed by atoms with Crippen molar-refractivity contribution in [2.75, 3.05) is 20.8 Å². The number of carbonyl (C=O) groups excluding carboxylic acids is 1. The summed E-state index contributed by atoms with van der Waals surface area (Å²) in [5, 5.41) is 3.98. The van der Waals surface area contributed by atoms with Gasteiger partial charge in [0, 0.05) is 12.6 Å². The lowest BCUT2D eigenvalue weighted by Crippen LogP contribution is -2.31. The van der Waals surface area contributed by atoms with E-state index in [4.69, 9.17) is 14.0 Å². The summed E-state index contributed by atoms with van der Waals surface area (Å²) in [6, 6.07) is 13.3. The van der Waals surface area contributed by atoms with Gasteiger partial charge < -0.3 is 18.9 Å². The van der Waals surface area contributed by atoms with Gasteiger partial charge in [0.05, 0.1) is 13.7 Å². The first-order chi connectivity index (χ1) is 13.5. The Morgan fingerprint density at radius 2 is 2.00 bits per heavy atom. The molecule has 0 saturated heterocycles. The van der Waals surface area contributed by atoms with E-state index in [0.29, 0.717) is 23.2 Å². The van der Waals surface area contributed by atoms with Gasteiger partial charge in [-0.25, -0.2) is 0 Å². The summed E-state index contributed by atoms with van der Waals surface area (Å²) in [4.78, 5) is 18.2. The lowest BCUT2D eigenvalue weighted by Gasteiger charge is -2.16. The fourth-order valence-corrected chi connectivity index (χ4v) is 2.60. The molecule has 0 atom stereocenters. The van der Waals surface area contributed by atoms with Crippen LogP contribution < -0.4 is 9.47 Å². The van der Waals surface area contributed by atoms with Crippen LogP contribution in [0.4, 0.5) is 0 Å². The molecule has 0 unspecified atom stereocenters. The standard InChI is InChI=1S/C21H23N3O4/c1-14-8-9-15(2)18(10-14)27-13-20(25)24(3)12-19-22-21(23-28-19)16-6-5-7-17(11-16)26-4/h5-11H,12-13H2,1-4H3. The largest absolute Gasteiger partial charge is 0.497 e. The Bertz CT molecular complexity index is 968. The molecule has 3 rings (SSSR count). The van der Waals surface area contributed by atoms with Crippen molar-refractivity contribution < 1.29 is 18.8 Å². The Balaban J connectivity index is 1.59. The maximum atomic E-state index is 12.4. The van der Waals surface area contributed by atoms with Crippen LogP contribution >= 0.6 is 0 Å². The van der Waals surface area contributed by atoms with Gasteiger partial charge in [-0.15, -0.1) is 0 Å². The number of likely N-dealkylation sites (N-methyl/N-ethyl adjacent to an activating group) is 1. The summed E-state index contributed by atoms with van der Waals surface area (Å²) in [6.45, 7) is 4.07. The monoisotopic (exact) mass is 381 g/mol. The van der Waals surface area contributed by atoms with Crippen molar-refractivity contribution in [3.63, 3.8) is 0 Å². The maximum Gasteiger partial charge on any atom is 0.260 e. The quantitative estimate of drug-likeness (QED) is 0.624. The third-order valence-electron chi connectivity index (χ3n) is 4.29. The Morgan fingerprint density at radius 3 is 2.79 bits per heavy atom. The van der Waals surface area contributed by atoms with E-state index >= 15 is 0 Å². The minimum atomic E-state index is -0.179. The van der Waals surface area contributed by atoms with Crippen LogP contribution in [0.5, 0.6) is 11.5 Å². The first kappa shape index (κ1) is 19.4. The van der Waals surface area contributed by atoms with Gasteiger partial charge in [0.25, 0.3) is 5.91 Å². The molecule has 0 radical (unpaired) electrons. The Hall–Kier alpha value is -3.35. The Labute approximate surface area is 163 Å². The van der Waals surface area contributed by atoms with Gasteiger partial charge in [0.15, 0.2) is 6.61 Å². The molecule has 7 nitrogen and oxygen atoms in total. The molecule has 0 spiro atoms. The van der Waals surface area contributed by atoms with Crippen LogP contribution in [0.25, 0.3) is 11.4 Å². The number of hydrogen-bond donors (Lipinski definition) is 0. The van der Waals surface area contributed by atoms with E-state index in [1.54, 1.807) is 14.2 Å². The van der Waals surface area contributed by atoms with E-state index in [0.717, 1.165) is 16.7 Å². The molecule has 0 aliphatic carbocycles. The Kier molecular flexibility index (Phi) is 5.93. The predicted molar refractivity (Wildman–Crippen MR) is 104 cm³/mol. The van der Waals surface area contributed by atoms with E-state index in [1.165, 1.54) is 4.90 Å². The third-order valence-corrected chi connectivity index (χ3v) is 4.29. The molecule has 7 heteroatoms. The molecule has 0 aliphatic rings. The van der Waals surface area contributed by atoms with Crippen LogP contribution in [0.15, 0.2) is 47.0 Å². The number of amides is 1. The second-order valence-electron chi connectivity index (χ2n) is 6.55. The van der Waals surface area contributed by atoms with Crippen LogP contribution in [0, 0.1) is 13.8 Å². The van der Waals surface area contributed by atoms with Crippen LogP contribution in [0.2, 0.25) is 0 Å². The van der Waals surface area contributed by atoms with Gasteiger partial charge >= 0.3 is 0 Å². The van der Waals surface area contributed by atoms with Crippen LogP contribution in [0.3, 0.4) is 0 Å². The normalized spacial score (nSPS) is 10.6. The van der Waals surface area contributed by atoms with Crippen LogP contribution in [-0.4, -0.2) is 41.7 Å². The number of hydrogen-bond acceptors (Lipinski definition) is 6. The van der Waals surface area contributed by atoms with Crippen molar-refractivity contribution in [1.29, 1.82) is 0 Å². The second-order valence-corrected chi connectivity index (χ2v) is 6.55. The fraction of sp³-hybridized carbons (Fsp3) is 0.286. The van der Waals surface area contributed by atoms with Crippen molar-refractivity contribution >= 4 is 5.91 Å². The minimum Gasteiger partial charge on any atom is -0.497 e. The molecule has 0 aliphatic heterocycles. The van der Waals surface area contributed by atoms with E-state index in [-0.39, 0.29) is 19.1 Å². The summed E-state index contributed by atoms with van der Waals surface area (Å²) in [6.07, 6.45) is 0. The summed E-state index contributed by atoms with van der Waals surface area (Å²) >= 11 is 0. The molecule has 1 aromatic heterocycles. The number of aromatic nitrogens is 2. The molecule has 1 amide bonds. The van der Waals surface area contributed by atoms with Crippen molar-refractivity contribution in [3.05, 3.63) is 59.5 Å². The van der Waals surface area contributed by atoms with Gasteiger partial charge in [-0.2, -0.15) is 4.98 Å². The topological polar surface area (TPSA) is 77.7 Å². The van der Waals surface area contributed by atoms with Crippen molar-refractivity contribution in [1.82, 2.24) is 15.0 Å². The number of rotatable bonds is 7. The Morgan fingerprint density at radius 1 is 1.18 bits per heavy atom. The number of aryl methyl sites for hydroxylation is 2. The molecule has 3 aromatic rings. The van der Waals surface area contributed by atoms with Gasteiger partial charge in [0.2, 0.25) is 11.7 Å². The lowest BCUT2D eigenvalue weighted by atomic mass is 10.1. The zero-order valence-corrected chi connectivity index (χ0v) is 16.4. The smallest absolute Gasteiger partial charge is 0.260 e. The number of benzene rings is 2. The highest BCUT2D eigenvalue weighted by Gasteiger charge is 2.16. The van der Waals surface area contributed by atoms with Crippen LogP contribution in [0.1, 0.15) is 17.0 Å². The van der Waals surface area contributed by atoms with E-state index in [2.05, 4.69) is 10.1 Å². The number of carbonyl (C=O) groups is 1. The molecule has 0 saturated carbocycles. The van der Waals surface area contributed by atoms with E-state index < -0.39 is 0 Å². The zero-order chi connectivity index (χ0) is 20.1. The maximum absolute atomic E-state index is 12.4. The third kappa shape index (κ3) is 4.68. The molecule has 2 aromatic carbocycles. The van der Waals surface area contributed by atoms with Crippen molar-refractivity contribution in [3.8, 4) is 22.9 Å². The van der Waals surface area contributed by atoms with E-state index in [1.807, 2.05) is 56.3 Å². The number of nitrogens with zero attached hydrogens (tertiary/aromatic N) is 3. The molecular formula is C21H23N3O4. The van der Waals surface area contributed by atoms with Gasteiger partial charge in [0.1, 0.15) is 11.5 Å². The summed E-state index contributed by atoms with van der Waals surface area (Å²) in [5.41, 5.74) is 2.85. The zero-order valence-electron chi connectivity index (χ0n) is 16.4. The molecule has 1 heterocycles. The van der Waals surface area contributed by atoms with Gasteiger partial charge in [-0.3, -0.25) is 4.79 Å². The molecule has 0 N–H and O–H groups in total. The molecule has 0 bridgehead atoms. The minimum absolute atomic E-state index is 0.0579. The summed E-state index contributed by atoms with van der Waals surface area (Å²) in [5.74, 6) is 2.03. The molecular weight excluding hydrogens is 358 g/mol. The number of ether oxygens (including phenoxy) is 2. The SMILES string of the molecule is COc1cccc(-c2noc(CN(C)C(=O)COc3cc(C)ccc3C)n2)c1. The summed E-state index contributed by atoms with van der Waals surface area (Å²) < 4.78 is 16.1. The fourth-order valence-electron chi connectivity index (χ4n) is 2.60. The first-order valence-corrected chi connectivity index (χ1v) is 8.87. The highest BCUT2D eigenvalue weighted by molar-refractivity contribution is 5.77. The first-order valence-electron chi connectivity index (χ1n) is 8.87. The average Bonchev–Trinajstić information content (AvgIpc) is 3.17. The molecule has 146 valence electrons. The second kappa shape index (κ2) is 8.56. The lowest BCUT2D eigenvalue weighted by molar-refractivity contribution is -0.132. The highest BCUT2D eigenvalue weighted by Crippen LogP contribution is 2.22. The number of methoxy groups -OCH3 is 1. The van der Waals surface area contributed by atoms with Gasteiger partial charge in [-0.1, -0.05) is 29.4 Å². The van der Waals surface area contributed by atoms with Crippen molar-refractivity contribution in [2.24, 2.45) is 0 Å².